The maximum absolute atomic E-state index is 5.91. The van der Waals surface area contributed by atoms with Crippen LogP contribution in [0.15, 0.2) is 12.3 Å². The van der Waals surface area contributed by atoms with Crippen molar-refractivity contribution in [1.82, 2.24) is 14.9 Å². The molecule has 1 saturated carbocycles. The van der Waals surface area contributed by atoms with Gasteiger partial charge in [0, 0.05) is 25.3 Å². The summed E-state index contributed by atoms with van der Waals surface area (Å²) in [6.07, 6.45) is 8.86. The van der Waals surface area contributed by atoms with Crippen LogP contribution in [-0.2, 0) is 4.74 Å². The van der Waals surface area contributed by atoms with Crippen LogP contribution in [0.1, 0.15) is 49.7 Å². The molecule has 0 unspecified atom stereocenters. The molecule has 0 radical (unpaired) electrons. The van der Waals surface area contributed by atoms with E-state index >= 15 is 0 Å². The molecule has 0 spiro atoms. The maximum atomic E-state index is 5.91. The summed E-state index contributed by atoms with van der Waals surface area (Å²) in [6.45, 7) is 4.82. The molecular weight excluding hydrogens is 238 g/mol. The third-order valence-corrected chi connectivity index (χ3v) is 4.32. The van der Waals surface area contributed by atoms with Gasteiger partial charge in [0.2, 0.25) is 0 Å². The number of aryl methyl sites for hydroxylation is 1. The van der Waals surface area contributed by atoms with E-state index in [0.717, 1.165) is 37.3 Å². The first-order valence-corrected chi connectivity index (χ1v) is 7.48. The third kappa shape index (κ3) is 3.12. The molecule has 19 heavy (non-hydrogen) atoms. The van der Waals surface area contributed by atoms with Crippen molar-refractivity contribution in [2.24, 2.45) is 0 Å². The number of hydrogen-bond acceptors (Lipinski definition) is 4. The zero-order valence-corrected chi connectivity index (χ0v) is 11.7. The van der Waals surface area contributed by atoms with Crippen LogP contribution in [0.5, 0.6) is 0 Å². The first kappa shape index (κ1) is 13.0. The van der Waals surface area contributed by atoms with Gasteiger partial charge in [-0.1, -0.05) is 19.3 Å². The van der Waals surface area contributed by atoms with Crippen LogP contribution in [0.3, 0.4) is 0 Å². The molecule has 3 rings (SSSR count). The average Bonchev–Trinajstić information content (AvgIpc) is 2.48. The van der Waals surface area contributed by atoms with E-state index in [1.807, 2.05) is 19.2 Å². The summed E-state index contributed by atoms with van der Waals surface area (Å²) in [5, 5.41) is 0. The molecule has 4 nitrogen and oxygen atoms in total. The quantitative estimate of drug-likeness (QED) is 0.820. The predicted octanol–water partition coefficient (Wildman–Crippen LogP) is 2.49. The van der Waals surface area contributed by atoms with Crippen LogP contribution in [0.4, 0.5) is 0 Å². The van der Waals surface area contributed by atoms with Gasteiger partial charge in [0.25, 0.3) is 0 Å². The van der Waals surface area contributed by atoms with Crippen LogP contribution < -0.4 is 0 Å². The predicted molar refractivity (Wildman–Crippen MR) is 73.9 cm³/mol. The minimum atomic E-state index is 0.123. The molecule has 0 amide bonds. The first-order valence-electron chi connectivity index (χ1n) is 7.48. The second-order valence-electron chi connectivity index (χ2n) is 5.67. The second-order valence-corrected chi connectivity index (χ2v) is 5.67. The van der Waals surface area contributed by atoms with E-state index in [0.29, 0.717) is 0 Å². The molecule has 0 aromatic carbocycles. The van der Waals surface area contributed by atoms with E-state index in [4.69, 9.17) is 4.74 Å². The van der Waals surface area contributed by atoms with E-state index in [1.54, 1.807) is 0 Å². The number of aromatic nitrogens is 2. The van der Waals surface area contributed by atoms with Crippen molar-refractivity contribution in [2.45, 2.75) is 51.2 Å². The molecule has 2 aliphatic rings. The fraction of sp³-hybridized carbons (Fsp3) is 0.733. The van der Waals surface area contributed by atoms with Crippen molar-refractivity contribution in [1.29, 1.82) is 0 Å². The maximum Gasteiger partial charge on any atom is 0.125 e. The Hall–Kier alpha value is -1.00. The van der Waals surface area contributed by atoms with Crippen molar-refractivity contribution < 1.29 is 4.74 Å². The van der Waals surface area contributed by atoms with Crippen molar-refractivity contribution in [3.63, 3.8) is 0 Å². The van der Waals surface area contributed by atoms with Gasteiger partial charge in [0.15, 0.2) is 0 Å². The first-order chi connectivity index (χ1) is 9.33. The molecule has 2 heterocycles. The van der Waals surface area contributed by atoms with Crippen molar-refractivity contribution in [3.8, 4) is 0 Å². The molecule has 1 atom stereocenters. The van der Waals surface area contributed by atoms with Gasteiger partial charge in [-0.05, 0) is 25.8 Å². The Labute approximate surface area is 115 Å². The van der Waals surface area contributed by atoms with Gasteiger partial charge in [0.05, 0.1) is 12.3 Å². The summed E-state index contributed by atoms with van der Waals surface area (Å²) in [4.78, 5) is 11.3. The highest BCUT2D eigenvalue weighted by Crippen LogP contribution is 2.27. The highest BCUT2D eigenvalue weighted by atomic mass is 16.5. The number of ether oxygens (including phenoxy) is 1. The summed E-state index contributed by atoms with van der Waals surface area (Å²) < 4.78 is 5.91. The largest absolute Gasteiger partial charge is 0.369 e. The molecule has 2 fully saturated rings. The molecule has 104 valence electrons. The van der Waals surface area contributed by atoms with E-state index in [-0.39, 0.29) is 6.10 Å². The Bertz CT molecular complexity index is 418. The van der Waals surface area contributed by atoms with Crippen molar-refractivity contribution >= 4 is 0 Å². The summed E-state index contributed by atoms with van der Waals surface area (Å²) in [6, 6.07) is 2.75. The summed E-state index contributed by atoms with van der Waals surface area (Å²) in [5.41, 5.74) is 1.04. The van der Waals surface area contributed by atoms with Gasteiger partial charge in [-0.15, -0.1) is 0 Å². The van der Waals surface area contributed by atoms with Crippen LogP contribution >= 0.6 is 0 Å². The molecule has 1 aromatic heterocycles. The smallest absolute Gasteiger partial charge is 0.125 e. The minimum absolute atomic E-state index is 0.123. The van der Waals surface area contributed by atoms with Gasteiger partial charge in [0.1, 0.15) is 11.9 Å². The molecule has 1 aliphatic carbocycles. The van der Waals surface area contributed by atoms with E-state index < -0.39 is 0 Å². The molecule has 0 N–H and O–H groups in total. The molecule has 1 aromatic rings. The van der Waals surface area contributed by atoms with Gasteiger partial charge in [-0.2, -0.15) is 0 Å². The standard InChI is InChI=1S/C15H23N3O/c1-12-16-8-7-14(17-12)15-11-18(9-10-19-15)13-5-3-2-4-6-13/h7-8,13,15H,2-6,9-11H2,1H3/t15-/m0/s1. The zero-order chi connectivity index (χ0) is 13.1. The summed E-state index contributed by atoms with van der Waals surface area (Å²) in [7, 11) is 0. The number of nitrogens with zero attached hydrogens (tertiary/aromatic N) is 3. The van der Waals surface area contributed by atoms with Crippen molar-refractivity contribution in [3.05, 3.63) is 23.8 Å². The fourth-order valence-electron chi connectivity index (χ4n) is 3.28. The Kier molecular flexibility index (Phi) is 4.09. The van der Waals surface area contributed by atoms with Gasteiger partial charge < -0.3 is 4.74 Å². The van der Waals surface area contributed by atoms with Crippen LogP contribution in [0.2, 0.25) is 0 Å². The van der Waals surface area contributed by atoms with E-state index in [1.165, 1.54) is 32.1 Å². The minimum Gasteiger partial charge on any atom is -0.369 e. The van der Waals surface area contributed by atoms with Gasteiger partial charge >= 0.3 is 0 Å². The van der Waals surface area contributed by atoms with E-state index in [2.05, 4.69) is 14.9 Å². The molecular formula is C15H23N3O. The fourth-order valence-corrected chi connectivity index (χ4v) is 3.28. The van der Waals surface area contributed by atoms with Crippen LogP contribution in [0.25, 0.3) is 0 Å². The number of rotatable bonds is 2. The normalized spacial score (nSPS) is 26.5. The lowest BCUT2D eigenvalue weighted by Gasteiger charge is -2.39. The summed E-state index contributed by atoms with van der Waals surface area (Å²) in [5.74, 6) is 0.830. The Morgan fingerprint density at radius 1 is 1.26 bits per heavy atom. The SMILES string of the molecule is Cc1nccc([C@@H]2CN(C3CCCCC3)CCO2)n1. The molecule has 1 aliphatic heterocycles. The highest BCUT2D eigenvalue weighted by molar-refractivity contribution is 5.07. The van der Waals surface area contributed by atoms with E-state index in [9.17, 15) is 0 Å². The van der Waals surface area contributed by atoms with Gasteiger partial charge in [-0.25, -0.2) is 9.97 Å². The van der Waals surface area contributed by atoms with Crippen LogP contribution in [-0.4, -0.2) is 40.6 Å². The monoisotopic (exact) mass is 261 g/mol. The van der Waals surface area contributed by atoms with Crippen LogP contribution in [0, 0.1) is 6.92 Å². The summed E-state index contributed by atoms with van der Waals surface area (Å²) >= 11 is 0. The Morgan fingerprint density at radius 3 is 2.89 bits per heavy atom. The average molecular weight is 261 g/mol. The molecule has 4 heteroatoms. The number of morpholine rings is 1. The number of hydrogen-bond donors (Lipinski definition) is 0. The lowest BCUT2D eigenvalue weighted by molar-refractivity contribution is -0.0517. The Balaban J connectivity index is 1.67. The second kappa shape index (κ2) is 5.97. The molecule has 0 bridgehead atoms. The Morgan fingerprint density at radius 2 is 2.11 bits per heavy atom. The lowest BCUT2D eigenvalue weighted by Crippen LogP contribution is -2.45. The third-order valence-electron chi connectivity index (χ3n) is 4.32. The zero-order valence-electron chi connectivity index (χ0n) is 11.7. The highest BCUT2D eigenvalue weighted by Gasteiger charge is 2.28. The topological polar surface area (TPSA) is 38.2 Å². The molecule has 1 saturated heterocycles. The van der Waals surface area contributed by atoms with Crippen molar-refractivity contribution in [2.75, 3.05) is 19.7 Å². The van der Waals surface area contributed by atoms with Gasteiger partial charge in [-0.3, -0.25) is 4.90 Å². The lowest BCUT2D eigenvalue weighted by atomic mass is 9.93.